The summed E-state index contributed by atoms with van der Waals surface area (Å²) >= 11 is -0.130. The molecule has 0 unspecified atom stereocenters. The van der Waals surface area contributed by atoms with E-state index in [-0.39, 0.29) is 53.8 Å². The van der Waals surface area contributed by atoms with Gasteiger partial charge >= 0.3 is 268 Å². The summed E-state index contributed by atoms with van der Waals surface area (Å²) in [6.07, 6.45) is 18.6. The van der Waals surface area contributed by atoms with Crippen LogP contribution >= 0.6 is 0 Å². The van der Waals surface area contributed by atoms with E-state index in [1.54, 1.807) is 0 Å². The van der Waals surface area contributed by atoms with Crippen molar-refractivity contribution in [1.29, 1.82) is 0 Å². The van der Waals surface area contributed by atoms with Crippen molar-refractivity contribution in [3.05, 3.63) is 93.1 Å². The molecule has 12 heteroatoms. The molecule has 0 bridgehead atoms. The van der Waals surface area contributed by atoms with Gasteiger partial charge in [0.1, 0.15) is 0 Å². The summed E-state index contributed by atoms with van der Waals surface area (Å²) in [5.74, 6) is -0.656. The molecule has 1 aliphatic rings. The molecule has 1 aliphatic heterocycles. The number of hydrogen-bond donors (Lipinski definition) is 2. The van der Waals surface area contributed by atoms with Crippen LogP contribution in [0.5, 0.6) is 0 Å². The van der Waals surface area contributed by atoms with E-state index in [1.165, 1.54) is 8.72 Å². The van der Waals surface area contributed by atoms with E-state index in [2.05, 4.69) is 27.7 Å². The number of anilines is 1. The molecule has 43 heavy (non-hydrogen) atoms. The number of fused-ring (bicyclic) bond motifs is 2. The van der Waals surface area contributed by atoms with Crippen LogP contribution < -0.4 is 13.9 Å². The zero-order valence-corrected chi connectivity index (χ0v) is 29.0. The Bertz CT molecular complexity index is 1840. The Morgan fingerprint density at radius 2 is 1.47 bits per heavy atom. The second-order valence-corrected chi connectivity index (χ2v) is 17.4. The number of para-hydroxylation sites is 2. The normalized spacial score (nSPS) is 15.4. The Hall–Kier alpha value is -2.53. The van der Waals surface area contributed by atoms with E-state index in [4.69, 9.17) is 0 Å². The Balaban J connectivity index is 1.84. The topological polar surface area (TPSA) is 116 Å². The minimum absolute atomic E-state index is 0.0650. The molecule has 0 saturated heterocycles. The third-order valence-electron chi connectivity index (χ3n) is 6.54. The van der Waals surface area contributed by atoms with Gasteiger partial charge < -0.3 is 0 Å². The van der Waals surface area contributed by atoms with Crippen molar-refractivity contribution in [2.24, 2.45) is 0 Å². The van der Waals surface area contributed by atoms with Gasteiger partial charge in [-0.1, -0.05) is 0 Å². The summed E-state index contributed by atoms with van der Waals surface area (Å²) in [5.41, 5.74) is 4.14. The molecular formula is C31H35N2O6S2Se2+. The van der Waals surface area contributed by atoms with E-state index in [1.807, 2.05) is 86.7 Å². The van der Waals surface area contributed by atoms with E-state index in [9.17, 15) is 25.9 Å². The number of nitrogens with zero attached hydrogens (tertiary/aromatic N) is 2. The van der Waals surface area contributed by atoms with Gasteiger partial charge in [-0.3, -0.25) is 0 Å². The molecule has 2 N–H and O–H groups in total. The van der Waals surface area contributed by atoms with Crippen molar-refractivity contribution in [1.82, 2.24) is 0 Å². The number of rotatable bonds is 13. The number of aryl methyl sites for hydroxylation is 1. The van der Waals surface area contributed by atoms with Gasteiger partial charge in [-0.2, -0.15) is 0 Å². The van der Waals surface area contributed by atoms with Gasteiger partial charge in [0, 0.05) is 0 Å². The first-order chi connectivity index (χ1) is 20.5. The third-order valence-corrected chi connectivity index (χ3v) is 12.7. The summed E-state index contributed by atoms with van der Waals surface area (Å²) in [6, 6.07) is 12.4. The molecule has 0 spiro atoms. The fourth-order valence-corrected chi connectivity index (χ4v) is 11.0. The standard InChI is InChI=1S/C31H34N2O6S2Se2/c1-3-5-7-13-24-15-9-17-26-30(24)32(19-11-21-40(34,35)36)28(42-26)23-29-33(20-12-22-41(37,38)39)31-25(14-8-6-4-2)16-10-18-27(31)43-29/h3-10,13-18,23H,11-12,19-22H2,1-2H3,(H-,34,35,36,37,38,39)/p+1/b5-3+,6-4+,13-7+,14-8+. The maximum atomic E-state index is 11.5. The first-order valence-corrected chi connectivity index (χ1v) is 20.4. The Labute approximate surface area is 266 Å². The van der Waals surface area contributed by atoms with Gasteiger partial charge in [0.25, 0.3) is 0 Å². The molecular weight excluding hydrogens is 718 g/mol. The van der Waals surface area contributed by atoms with Gasteiger partial charge in [-0.05, 0) is 0 Å². The third kappa shape index (κ3) is 9.23. The average Bonchev–Trinajstić information content (AvgIpc) is 3.46. The Kier molecular flexibility index (Phi) is 11.6. The second-order valence-electron chi connectivity index (χ2n) is 9.77. The summed E-state index contributed by atoms with van der Waals surface area (Å²) in [5, 5.41) is 0. The Morgan fingerprint density at radius 1 is 0.837 bits per heavy atom. The van der Waals surface area contributed by atoms with Crippen LogP contribution in [0.15, 0.2) is 77.4 Å². The zero-order valence-electron chi connectivity index (χ0n) is 24.0. The quantitative estimate of drug-likeness (QED) is 0.117. The molecule has 4 rings (SSSR count). The van der Waals surface area contributed by atoms with Crippen molar-refractivity contribution in [2.45, 2.75) is 33.2 Å². The van der Waals surface area contributed by atoms with Gasteiger partial charge in [-0.15, -0.1) is 0 Å². The molecule has 3 aromatic rings. The van der Waals surface area contributed by atoms with E-state index >= 15 is 0 Å². The summed E-state index contributed by atoms with van der Waals surface area (Å²) in [6.45, 7) is 4.74. The molecule has 2 heterocycles. The molecule has 1 aromatic heterocycles. The monoisotopic (exact) mass is 755 g/mol. The fraction of sp³-hybridized carbons (Fsp3) is 0.258. The average molecular weight is 754 g/mol. The van der Waals surface area contributed by atoms with E-state index in [0.717, 1.165) is 31.5 Å². The van der Waals surface area contributed by atoms with Crippen LogP contribution in [0.2, 0.25) is 0 Å². The van der Waals surface area contributed by atoms with E-state index in [0.29, 0.717) is 13.1 Å². The molecule has 8 nitrogen and oxygen atoms in total. The fourth-order valence-electron chi connectivity index (χ4n) is 4.76. The predicted octanol–water partition coefficient (Wildman–Crippen LogP) is 4.07. The van der Waals surface area contributed by atoms with Crippen LogP contribution in [0.4, 0.5) is 5.69 Å². The van der Waals surface area contributed by atoms with Crippen molar-refractivity contribution in [3.63, 3.8) is 0 Å². The number of hydrogen-bond acceptors (Lipinski definition) is 5. The van der Waals surface area contributed by atoms with E-state index < -0.39 is 20.2 Å². The molecule has 0 aliphatic carbocycles. The number of aromatic nitrogens is 1. The second kappa shape index (κ2) is 15.0. The molecule has 0 fully saturated rings. The van der Waals surface area contributed by atoms with Crippen molar-refractivity contribution in [2.75, 3.05) is 23.0 Å². The van der Waals surface area contributed by atoms with Crippen LogP contribution in [-0.4, -0.2) is 73.5 Å². The molecule has 0 amide bonds. The maximum absolute atomic E-state index is 11.5. The molecule has 2 aromatic carbocycles. The molecule has 0 atom stereocenters. The number of allylic oxidation sites excluding steroid dienone is 6. The minimum atomic E-state index is -4.10. The SMILES string of the molecule is C/C=C/C=C/c1cccc2c1N(CCCS(=O)(=O)O)/C(=C/c1[se]c3cccc(/C=C/C=C/C)c3[n+]1CCCS(=O)(=O)O)[Se]2. The van der Waals surface area contributed by atoms with Gasteiger partial charge in [0.15, 0.2) is 0 Å². The summed E-state index contributed by atoms with van der Waals surface area (Å²) < 4.78 is 71.7. The van der Waals surface area contributed by atoms with Crippen LogP contribution in [0.1, 0.15) is 42.4 Å². The van der Waals surface area contributed by atoms with Crippen LogP contribution in [0.3, 0.4) is 0 Å². The zero-order chi connectivity index (χ0) is 31.0. The first kappa shape index (κ1) is 33.4. The van der Waals surface area contributed by atoms with Gasteiger partial charge in [-0.25, -0.2) is 0 Å². The van der Waals surface area contributed by atoms with Crippen LogP contribution in [-0.2, 0) is 26.8 Å². The van der Waals surface area contributed by atoms with Crippen LogP contribution in [0.25, 0.3) is 28.0 Å². The Morgan fingerprint density at radius 3 is 2.14 bits per heavy atom. The van der Waals surface area contributed by atoms with Gasteiger partial charge in [0.2, 0.25) is 0 Å². The van der Waals surface area contributed by atoms with Gasteiger partial charge in [0.05, 0.1) is 0 Å². The predicted molar refractivity (Wildman–Crippen MR) is 178 cm³/mol. The molecule has 228 valence electrons. The van der Waals surface area contributed by atoms with Crippen molar-refractivity contribution in [3.8, 4) is 0 Å². The number of benzene rings is 2. The summed E-state index contributed by atoms with van der Waals surface area (Å²) in [7, 11) is -8.20. The summed E-state index contributed by atoms with van der Waals surface area (Å²) in [4.78, 5) is 2.17. The van der Waals surface area contributed by atoms with Crippen molar-refractivity contribution < 1.29 is 30.5 Å². The van der Waals surface area contributed by atoms with Crippen LogP contribution in [0, 0.1) is 0 Å². The molecule has 0 saturated carbocycles. The van der Waals surface area contributed by atoms with Crippen molar-refractivity contribution >= 4 is 87.9 Å². The first-order valence-electron chi connectivity index (χ1n) is 13.7. The molecule has 0 radical (unpaired) electrons.